The second-order valence-corrected chi connectivity index (χ2v) is 6.54. The van der Waals surface area contributed by atoms with E-state index in [1.165, 1.54) is 6.42 Å². The van der Waals surface area contributed by atoms with Crippen LogP contribution in [0.15, 0.2) is 24.3 Å². The van der Waals surface area contributed by atoms with Crippen molar-refractivity contribution in [3.05, 3.63) is 29.8 Å². The number of hydrogen-bond donors (Lipinski definition) is 2. The Balaban J connectivity index is 1.98. The van der Waals surface area contributed by atoms with Gasteiger partial charge in [0.15, 0.2) is 0 Å². The lowest BCUT2D eigenvalue weighted by atomic mass is 9.86. The Kier molecular flexibility index (Phi) is 5.58. The number of carbonyl (C=O) groups is 2. The van der Waals surface area contributed by atoms with Crippen LogP contribution in [0.4, 0.5) is 5.69 Å². The van der Waals surface area contributed by atoms with Crippen molar-refractivity contribution in [2.24, 2.45) is 5.92 Å². The molecule has 1 aliphatic rings. The minimum atomic E-state index is -0.578. The fourth-order valence-corrected chi connectivity index (χ4v) is 3.06. The fraction of sp³-hybridized carbons (Fsp3) is 0.556. The highest BCUT2D eigenvalue weighted by atomic mass is 16.2. The first-order valence-electron chi connectivity index (χ1n) is 8.19. The van der Waals surface area contributed by atoms with Gasteiger partial charge in [0, 0.05) is 11.7 Å². The third-order valence-corrected chi connectivity index (χ3v) is 4.47. The summed E-state index contributed by atoms with van der Waals surface area (Å²) in [4.78, 5) is 24.3. The Morgan fingerprint density at radius 1 is 1.09 bits per heavy atom. The monoisotopic (exact) mass is 302 g/mol. The van der Waals surface area contributed by atoms with E-state index in [1.54, 1.807) is 0 Å². The molecule has 1 aromatic rings. The van der Waals surface area contributed by atoms with Crippen LogP contribution in [0.1, 0.15) is 57.9 Å². The van der Waals surface area contributed by atoms with Gasteiger partial charge in [0.1, 0.15) is 0 Å². The summed E-state index contributed by atoms with van der Waals surface area (Å²) in [5, 5.41) is 5.63. The van der Waals surface area contributed by atoms with Crippen molar-refractivity contribution in [3.63, 3.8) is 0 Å². The van der Waals surface area contributed by atoms with E-state index < -0.39 is 11.8 Å². The molecule has 1 aliphatic carbocycles. The zero-order valence-electron chi connectivity index (χ0n) is 13.7. The number of amides is 2. The molecular weight excluding hydrogens is 276 g/mol. The highest BCUT2D eigenvalue weighted by Gasteiger charge is 2.25. The standard InChI is InChI=1S/C18H26N2O2/c1-12(2)14-9-5-7-11-16(14)20-18(22)17(21)19-15-10-6-4-8-13(15)3/h5,7,9,11-13,15H,4,6,8,10H2,1-3H3,(H,19,21)(H,20,22)/t13-,15-/m0/s1. The maximum atomic E-state index is 12.1. The summed E-state index contributed by atoms with van der Waals surface area (Å²) in [7, 11) is 0. The highest BCUT2D eigenvalue weighted by molar-refractivity contribution is 6.39. The van der Waals surface area contributed by atoms with Gasteiger partial charge in [0.25, 0.3) is 0 Å². The van der Waals surface area contributed by atoms with Crippen LogP contribution in [0, 0.1) is 5.92 Å². The van der Waals surface area contributed by atoms with Crippen LogP contribution < -0.4 is 10.6 Å². The minimum absolute atomic E-state index is 0.118. The summed E-state index contributed by atoms with van der Waals surface area (Å²) < 4.78 is 0. The second kappa shape index (κ2) is 7.43. The van der Waals surface area contributed by atoms with Gasteiger partial charge in [-0.05, 0) is 36.3 Å². The molecule has 4 heteroatoms. The summed E-state index contributed by atoms with van der Waals surface area (Å²) in [5.41, 5.74) is 1.75. The third-order valence-electron chi connectivity index (χ3n) is 4.47. The number of para-hydroxylation sites is 1. The molecule has 2 N–H and O–H groups in total. The van der Waals surface area contributed by atoms with Crippen LogP contribution in [-0.4, -0.2) is 17.9 Å². The molecule has 1 saturated carbocycles. The number of rotatable bonds is 3. The predicted molar refractivity (Wildman–Crippen MR) is 88.7 cm³/mol. The summed E-state index contributed by atoms with van der Waals surface area (Å²) in [6.07, 6.45) is 4.40. The molecule has 1 fully saturated rings. The van der Waals surface area contributed by atoms with E-state index in [0.29, 0.717) is 11.6 Å². The lowest BCUT2D eigenvalue weighted by Crippen LogP contribution is -2.45. The van der Waals surface area contributed by atoms with Gasteiger partial charge in [0.05, 0.1) is 0 Å². The number of carbonyl (C=O) groups excluding carboxylic acids is 2. The van der Waals surface area contributed by atoms with Crippen LogP contribution in [0.2, 0.25) is 0 Å². The molecule has 0 aliphatic heterocycles. The molecule has 120 valence electrons. The predicted octanol–water partition coefficient (Wildman–Crippen LogP) is 3.44. The van der Waals surface area contributed by atoms with Crippen molar-refractivity contribution < 1.29 is 9.59 Å². The average Bonchev–Trinajstić information content (AvgIpc) is 2.49. The molecule has 2 atom stereocenters. The van der Waals surface area contributed by atoms with Crippen LogP contribution in [0.3, 0.4) is 0 Å². The Morgan fingerprint density at radius 2 is 1.77 bits per heavy atom. The van der Waals surface area contributed by atoms with Crippen molar-refractivity contribution in [3.8, 4) is 0 Å². The van der Waals surface area contributed by atoms with Gasteiger partial charge in [-0.3, -0.25) is 9.59 Å². The molecule has 22 heavy (non-hydrogen) atoms. The topological polar surface area (TPSA) is 58.2 Å². The summed E-state index contributed by atoms with van der Waals surface area (Å²) in [6, 6.07) is 7.73. The molecule has 2 rings (SSSR count). The molecule has 0 heterocycles. The number of hydrogen-bond acceptors (Lipinski definition) is 2. The molecule has 0 saturated heterocycles. The summed E-state index contributed by atoms with van der Waals surface area (Å²) in [5.74, 6) is -0.380. The lowest BCUT2D eigenvalue weighted by molar-refractivity contribution is -0.137. The van der Waals surface area contributed by atoms with Crippen LogP contribution in [0.5, 0.6) is 0 Å². The number of nitrogens with one attached hydrogen (secondary N) is 2. The molecule has 4 nitrogen and oxygen atoms in total. The van der Waals surface area contributed by atoms with E-state index in [4.69, 9.17) is 0 Å². The molecule has 2 amide bonds. The third kappa shape index (κ3) is 4.09. The van der Waals surface area contributed by atoms with E-state index in [2.05, 4.69) is 31.4 Å². The van der Waals surface area contributed by atoms with Crippen molar-refractivity contribution in [1.82, 2.24) is 5.32 Å². The van der Waals surface area contributed by atoms with Crippen LogP contribution in [0.25, 0.3) is 0 Å². The van der Waals surface area contributed by atoms with Crippen molar-refractivity contribution in [2.45, 2.75) is 58.4 Å². The Bertz CT molecular complexity index is 540. The number of anilines is 1. The molecular formula is C18H26N2O2. The molecule has 0 radical (unpaired) electrons. The van der Waals surface area contributed by atoms with E-state index in [9.17, 15) is 9.59 Å². The SMILES string of the molecule is CC(C)c1ccccc1NC(=O)C(=O)N[C@H]1CCCC[C@@H]1C. The quantitative estimate of drug-likeness (QED) is 0.840. The van der Waals surface area contributed by atoms with Crippen molar-refractivity contribution in [1.29, 1.82) is 0 Å². The van der Waals surface area contributed by atoms with E-state index in [1.807, 2.05) is 24.3 Å². The first-order chi connectivity index (χ1) is 10.5. The van der Waals surface area contributed by atoms with Gasteiger partial charge in [0.2, 0.25) is 0 Å². The van der Waals surface area contributed by atoms with E-state index in [-0.39, 0.29) is 12.0 Å². The Hall–Kier alpha value is -1.84. The number of benzene rings is 1. The van der Waals surface area contributed by atoms with Gasteiger partial charge in [-0.15, -0.1) is 0 Å². The maximum Gasteiger partial charge on any atom is 0.313 e. The summed E-state index contributed by atoms with van der Waals surface area (Å²) in [6.45, 7) is 6.26. The smallest absolute Gasteiger partial charge is 0.313 e. The molecule has 0 unspecified atom stereocenters. The van der Waals surface area contributed by atoms with Crippen LogP contribution in [-0.2, 0) is 9.59 Å². The first kappa shape index (κ1) is 16.5. The van der Waals surface area contributed by atoms with Gasteiger partial charge >= 0.3 is 11.8 Å². The minimum Gasteiger partial charge on any atom is -0.345 e. The Labute approximate surface area is 132 Å². The van der Waals surface area contributed by atoms with Gasteiger partial charge in [-0.2, -0.15) is 0 Å². The van der Waals surface area contributed by atoms with Gasteiger partial charge in [-0.25, -0.2) is 0 Å². The largest absolute Gasteiger partial charge is 0.345 e. The van der Waals surface area contributed by atoms with Crippen molar-refractivity contribution in [2.75, 3.05) is 5.32 Å². The molecule has 0 spiro atoms. The second-order valence-electron chi connectivity index (χ2n) is 6.54. The highest BCUT2D eigenvalue weighted by Crippen LogP contribution is 2.25. The Morgan fingerprint density at radius 3 is 2.45 bits per heavy atom. The summed E-state index contributed by atoms with van der Waals surface area (Å²) >= 11 is 0. The van der Waals surface area contributed by atoms with Crippen LogP contribution >= 0.6 is 0 Å². The molecule has 1 aromatic carbocycles. The zero-order valence-corrected chi connectivity index (χ0v) is 13.7. The van der Waals surface area contributed by atoms with Gasteiger partial charge in [-0.1, -0.05) is 51.8 Å². The average molecular weight is 302 g/mol. The maximum absolute atomic E-state index is 12.1. The molecule has 0 aromatic heterocycles. The van der Waals surface area contributed by atoms with E-state index >= 15 is 0 Å². The normalized spacial score (nSPS) is 21.5. The van der Waals surface area contributed by atoms with Gasteiger partial charge < -0.3 is 10.6 Å². The van der Waals surface area contributed by atoms with Crippen molar-refractivity contribution >= 4 is 17.5 Å². The van der Waals surface area contributed by atoms with E-state index in [0.717, 1.165) is 24.8 Å². The fourth-order valence-electron chi connectivity index (χ4n) is 3.06. The zero-order chi connectivity index (χ0) is 16.1. The molecule has 0 bridgehead atoms. The first-order valence-corrected chi connectivity index (χ1v) is 8.19. The lowest BCUT2D eigenvalue weighted by Gasteiger charge is -2.29.